The topological polar surface area (TPSA) is 348 Å². The molecule has 0 spiro atoms. The molecular weight excluding hydrogens is 817 g/mol. The molecular formula is C32H32N8O16S2. The number of hydrogen-bond donors (Lipinski definition) is 6. The van der Waals surface area contributed by atoms with Gasteiger partial charge in [0.25, 0.3) is 23.6 Å². The van der Waals surface area contributed by atoms with E-state index in [1.54, 1.807) is 0 Å². The third kappa shape index (κ3) is 8.86. The molecule has 58 heavy (non-hydrogen) atoms. The molecule has 26 heteroatoms. The molecule has 0 aromatic carbocycles. The van der Waals surface area contributed by atoms with Crippen LogP contribution in [-0.4, -0.2) is 141 Å². The Balaban J connectivity index is 1.59. The van der Waals surface area contributed by atoms with Gasteiger partial charge in [-0.2, -0.15) is 0 Å². The number of nitrogens with two attached hydrogens (primary N) is 2. The van der Waals surface area contributed by atoms with Crippen LogP contribution in [0.25, 0.3) is 0 Å². The maximum Gasteiger partial charge on any atom is 0.404 e. The maximum atomic E-state index is 15.0. The fourth-order valence-corrected chi connectivity index (χ4v) is 8.40. The average Bonchev–Trinajstić information content (AvgIpc) is 3.93. The Morgan fingerprint density at radius 3 is 1.88 bits per heavy atom. The number of carbonyl (C=O) groups excluding carboxylic acids is 6. The number of β-lactam (4-membered cyclic amide) rings is 1. The molecule has 3 aliphatic rings. The minimum atomic E-state index is -2.13. The van der Waals surface area contributed by atoms with E-state index in [1.165, 1.54) is 43.9 Å². The van der Waals surface area contributed by atoms with Crippen molar-refractivity contribution < 1.29 is 76.6 Å². The van der Waals surface area contributed by atoms with E-state index >= 15 is 4.79 Å². The van der Waals surface area contributed by atoms with Crippen LogP contribution in [0, 0.1) is 0 Å². The highest BCUT2D eigenvalue weighted by molar-refractivity contribution is 8.00. The molecule has 2 aromatic heterocycles. The van der Waals surface area contributed by atoms with Crippen molar-refractivity contribution in [3.63, 3.8) is 0 Å². The Kier molecular flexibility index (Phi) is 13.3. The van der Waals surface area contributed by atoms with Crippen LogP contribution in [-0.2, 0) is 47.9 Å². The van der Waals surface area contributed by atoms with E-state index in [4.69, 9.17) is 39.5 Å². The molecule has 5 heterocycles. The van der Waals surface area contributed by atoms with Gasteiger partial charge in [0, 0.05) is 22.7 Å². The Labute approximate surface area is 333 Å². The van der Waals surface area contributed by atoms with Crippen LogP contribution in [0.1, 0.15) is 11.5 Å². The van der Waals surface area contributed by atoms with Crippen molar-refractivity contribution in [3.05, 3.63) is 70.9 Å². The summed E-state index contributed by atoms with van der Waals surface area (Å²) in [6.07, 6.45) is -0.133. The fourth-order valence-electron chi connectivity index (χ4n) is 5.76. The SMILES string of the molecule is CO/N=C(\C(=O)N[C@H](C(=O)O)[C@H]1SCC(COC(N)=O)=C(C(=O)O)N1C(=O)C1=C(COC(N)=O)CS[C@@H]2[C@H](NC(=O)/C(=N\OC)c3ccco3)C(=O)N12)c1ccco1. The van der Waals surface area contributed by atoms with Crippen LogP contribution in [0.5, 0.6) is 0 Å². The Hall–Kier alpha value is -6.96. The average molecular weight is 849 g/mol. The van der Waals surface area contributed by atoms with Gasteiger partial charge in [-0.15, -0.1) is 23.5 Å². The van der Waals surface area contributed by atoms with Gasteiger partial charge in [-0.25, -0.2) is 19.2 Å². The third-order valence-electron chi connectivity index (χ3n) is 8.14. The molecule has 308 valence electrons. The molecule has 0 saturated carbocycles. The number of nitrogens with zero attached hydrogens (tertiary/aromatic N) is 4. The summed E-state index contributed by atoms with van der Waals surface area (Å²) in [5.74, 6) is -8.67. The lowest BCUT2D eigenvalue weighted by Gasteiger charge is -2.51. The molecule has 1 saturated heterocycles. The number of aliphatic carboxylic acids is 2. The number of hydrogen-bond acceptors (Lipinski definition) is 18. The summed E-state index contributed by atoms with van der Waals surface area (Å²) in [6, 6.07) is 2.14. The number of fused-ring (bicyclic) bond motifs is 1. The van der Waals surface area contributed by atoms with Gasteiger partial charge in [0.1, 0.15) is 55.6 Å². The van der Waals surface area contributed by atoms with E-state index < -0.39 is 101 Å². The van der Waals surface area contributed by atoms with Gasteiger partial charge < -0.3 is 60.3 Å². The van der Waals surface area contributed by atoms with Crippen molar-refractivity contribution in [2.75, 3.05) is 38.9 Å². The first-order chi connectivity index (χ1) is 27.7. The summed E-state index contributed by atoms with van der Waals surface area (Å²) in [6.45, 7) is -1.48. The monoisotopic (exact) mass is 848 g/mol. The standard InChI is InChI=1S/C32H32N8O16S2/c1-51-37-17(15-5-3-7-53-15)23(41)35-19-25(43)39-21(13(9-55-31(33)49)11-57-27(19)39)26(44)40-22(30(47)48)14(10-56-32(34)50)12-58-28(40)20(29(45)46)36-24(42)18(38-52-2)16-6-4-8-54-16/h3-8,19-20,27-28H,9-12H2,1-2H3,(H2,33,49)(H2,34,50)(H,35,41)(H,36,42)(H,45,46)(H,47,48)/b37-17-,38-18-/t19-,20+,27-,28-/m1/s1. The van der Waals surface area contributed by atoms with Crippen LogP contribution in [0.15, 0.2) is 78.5 Å². The molecule has 1 fully saturated rings. The lowest BCUT2D eigenvalue weighted by atomic mass is 10.0. The second-order valence-corrected chi connectivity index (χ2v) is 13.9. The molecule has 8 N–H and O–H groups in total. The molecule has 5 rings (SSSR count). The summed E-state index contributed by atoms with van der Waals surface area (Å²) < 4.78 is 20.2. The van der Waals surface area contributed by atoms with Crippen LogP contribution in [0.2, 0.25) is 0 Å². The molecule has 0 aliphatic carbocycles. The van der Waals surface area contributed by atoms with Crippen molar-refractivity contribution in [2.45, 2.75) is 22.8 Å². The Morgan fingerprint density at radius 2 is 1.40 bits per heavy atom. The molecule has 0 radical (unpaired) electrons. The molecule has 2 aromatic rings. The van der Waals surface area contributed by atoms with Crippen molar-refractivity contribution in [2.24, 2.45) is 21.8 Å². The van der Waals surface area contributed by atoms with Gasteiger partial charge in [-0.3, -0.25) is 29.0 Å². The fraction of sp³-hybridized carbons (Fsp3) is 0.312. The van der Waals surface area contributed by atoms with Crippen LogP contribution >= 0.6 is 23.5 Å². The highest BCUT2D eigenvalue weighted by Crippen LogP contribution is 2.43. The summed E-state index contributed by atoms with van der Waals surface area (Å²) >= 11 is 1.64. The number of thioether (sulfide) groups is 2. The summed E-state index contributed by atoms with van der Waals surface area (Å²) in [4.78, 5) is 116. The zero-order chi connectivity index (χ0) is 42.3. The van der Waals surface area contributed by atoms with Crippen LogP contribution in [0.4, 0.5) is 9.59 Å². The summed E-state index contributed by atoms with van der Waals surface area (Å²) in [5.41, 5.74) is 7.63. The van der Waals surface area contributed by atoms with E-state index in [9.17, 15) is 43.8 Å². The predicted octanol–water partition coefficient (Wildman–Crippen LogP) is -1.07. The first-order valence-corrected chi connectivity index (χ1v) is 18.4. The number of carboxylic acids is 2. The minimum absolute atomic E-state index is 0.0106. The van der Waals surface area contributed by atoms with Crippen LogP contribution in [0.3, 0.4) is 0 Å². The molecule has 0 unspecified atom stereocenters. The van der Waals surface area contributed by atoms with Gasteiger partial charge in [-0.1, -0.05) is 10.3 Å². The Morgan fingerprint density at radius 1 is 0.862 bits per heavy atom. The van der Waals surface area contributed by atoms with E-state index in [2.05, 4.69) is 20.9 Å². The number of amides is 6. The highest BCUT2D eigenvalue weighted by Gasteiger charge is 2.57. The van der Waals surface area contributed by atoms with Crippen molar-refractivity contribution in [3.8, 4) is 0 Å². The number of primary amides is 2. The second kappa shape index (κ2) is 18.3. The zero-order valence-electron chi connectivity index (χ0n) is 30.0. The van der Waals surface area contributed by atoms with Gasteiger partial charge in [0.05, 0.1) is 12.5 Å². The minimum Gasteiger partial charge on any atom is -0.480 e. The molecule has 6 amide bonds. The number of ether oxygens (including phenoxy) is 2. The summed E-state index contributed by atoms with van der Waals surface area (Å²) in [7, 11) is 2.27. The number of furan rings is 2. The number of carboxylic acid groups (broad SMARTS) is 2. The van der Waals surface area contributed by atoms with Gasteiger partial charge in [0.15, 0.2) is 17.6 Å². The predicted molar refractivity (Wildman–Crippen MR) is 195 cm³/mol. The van der Waals surface area contributed by atoms with Gasteiger partial charge in [-0.05, 0) is 24.3 Å². The number of carbonyl (C=O) groups is 8. The van der Waals surface area contributed by atoms with Gasteiger partial charge >= 0.3 is 24.1 Å². The maximum absolute atomic E-state index is 15.0. The highest BCUT2D eigenvalue weighted by atomic mass is 32.2. The quantitative estimate of drug-likeness (QED) is 0.0665. The van der Waals surface area contributed by atoms with E-state index in [0.29, 0.717) is 16.7 Å². The van der Waals surface area contributed by atoms with Gasteiger partial charge in [0.2, 0.25) is 11.4 Å². The van der Waals surface area contributed by atoms with E-state index in [-0.39, 0.29) is 39.9 Å². The first kappa shape index (κ1) is 42.2. The third-order valence-corrected chi connectivity index (χ3v) is 10.8. The largest absolute Gasteiger partial charge is 0.480 e. The second-order valence-electron chi connectivity index (χ2n) is 11.7. The smallest absolute Gasteiger partial charge is 0.404 e. The Bertz CT molecular complexity index is 2120. The number of rotatable bonds is 16. The number of nitrogens with one attached hydrogen (secondary N) is 2. The van der Waals surface area contributed by atoms with E-state index in [1.807, 2.05) is 0 Å². The normalized spacial score (nSPS) is 20.0. The van der Waals surface area contributed by atoms with Crippen molar-refractivity contribution >= 4 is 82.7 Å². The number of oxime groups is 2. The lowest BCUT2D eigenvalue weighted by molar-refractivity contribution is -0.150. The van der Waals surface area contributed by atoms with Crippen molar-refractivity contribution in [1.29, 1.82) is 0 Å². The first-order valence-electron chi connectivity index (χ1n) is 16.3. The molecule has 3 aliphatic heterocycles. The van der Waals surface area contributed by atoms with Crippen LogP contribution < -0.4 is 22.1 Å². The molecule has 4 atom stereocenters. The van der Waals surface area contributed by atoms with E-state index in [0.717, 1.165) is 23.8 Å². The summed E-state index contributed by atoms with van der Waals surface area (Å²) in [5, 5.41) is 30.1. The molecule has 24 nitrogen and oxygen atoms in total. The van der Waals surface area contributed by atoms with Crippen molar-refractivity contribution in [1.82, 2.24) is 20.4 Å². The zero-order valence-corrected chi connectivity index (χ0v) is 31.6. The lowest BCUT2D eigenvalue weighted by Crippen LogP contribution is -2.72. The molecule has 0 bridgehead atoms.